The molecule has 7 nitrogen and oxygen atoms in total. The van der Waals surface area contributed by atoms with Crippen LogP contribution in [-0.4, -0.2) is 44.4 Å². The minimum atomic E-state index is -3.79. The third-order valence-corrected chi connectivity index (χ3v) is 8.49. The second-order valence-electron chi connectivity index (χ2n) is 8.83. The molecule has 1 atom stereocenters. The fourth-order valence-corrected chi connectivity index (χ4v) is 6.51. The van der Waals surface area contributed by atoms with Crippen LogP contribution in [0.15, 0.2) is 47.4 Å². The first-order valence-electron chi connectivity index (χ1n) is 11.7. The summed E-state index contributed by atoms with van der Waals surface area (Å²) in [6, 6.07) is 11.7. The lowest BCUT2D eigenvalue weighted by molar-refractivity contribution is 0.102. The van der Waals surface area contributed by atoms with E-state index in [1.54, 1.807) is 18.2 Å². The number of carbonyl (C=O) groups excluding carboxylic acids is 1. The molecule has 2 aliphatic rings. The molecule has 1 saturated carbocycles. The minimum Gasteiger partial charge on any atom is -0.495 e. The van der Waals surface area contributed by atoms with Crippen molar-refractivity contribution in [3.05, 3.63) is 48.0 Å². The maximum atomic E-state index is 13.4. The van der Waals surface area contributed by atoms with E-state index in [1.807, 2.05) is 19.1 Å². The van der Waals surface area contributed by atoms with Gasteiger partial charge in [-0.1, -0.05) is 12.5 Å². The Morgan fingerprint density at radius 3 is 2.52 bits per heavy atom. The highest BCUT2D eigenvalue weighted by molar-refractivity contribution is 7.89. The summed E-state index contributed by atoms with van der Waals surface area (Å²) in [5.74, 6) is 0.562. The number of hydrogen-bond acceptors (Lipinski definition) is 5. The zero-order valence-corrected chi connectivity index (χ0v) is 20.1. The van der Waals surface area contributed by atoms with Crippen molar-refractivity contribution in [3.8, 4) is 11.5 Å². The van der Waals surface area contributed by atoms with Crippen molar-refractivity contribution in [2.45, 2.75) is 68.9 Å². The molecule has 0 aromatic heterocycles. The molecule has 0 bridgehead atoms. The Balaban J connectivity index is 1.55. The first-order chi connectivity index (χ1) is 15.9. The highest BCUT2D eigenvalue weighted by atomic mass is 32.2. The van der Waals surface area contributed by atoms with E-state index in [0.717, 1.165) is 37.9 Å². The van der Waals surface area contributed by atoms with Gasteiger partial charge in [0.05, 0.1) is 13.2 Å². The first kappa shape index (κ1) is 23.6. The first-order valence-corrected chi connectivity index (χ1v) is 13.1. The van der Waals surface area contributed by atoms with Crippen molar-refractivity contribution in [2.75, 3.05) is 19.0 Å². The Labute approximate surface area is 196 Å². The normalized spacial score (nSPS) is 19.9. The molecule has 1 N–H and O–H groups in total. The molecule has 1 saturated heterocycles. The predicted molar refractivity (Wildman–Crippen MR) is 127 cm³/mol. The van der Waals surface area contributed by atoms with E-state index in [4.69, 9.17) is 9.47 Å². The van der Waals surface area contributed by atoms with Crippen LogP contribution < -0.4 is 14.8 Å². The monoisotopic (exact) mass is 472 g/mol. The number of carbonyl (C=O) groups is 1. The molecule has 33 heavy (non-hydrogen) atoms. The molecule has 4 rings (SSSR count). The summed E-state index contributed by atoms with van der Waals surface area (Å²) < 4.78 is 39.7. The van der Waals surface area contributed by atoms with Crippen molar-refractivity contribution in [3.63, 3.8) is 0 Å². The third kappa shape index (κ3) is 5.33. The third-order valence-electron chi connectivity index (χ3n) is 6.45. The van der Waals surface area contributed by atoms with Gasteiger partial charge in [0.25, 0.3) is 5.91 Å². The summed E-state index contributed by atoms with van der Waals surface area (Å²) in [4.78, 5) is 13.0. The standard InChI is InChI=1S/C25H32N2O5S/c1-18-8-5-6-15-27(18)33(29,30)24-16-19(13-14-23(24)31-2)25(28)26-20-9-7-12-22(17-20)32-21-10-3-4-11-21/h7,9,12-14,16-18,21H,3-6,8,10-11,15H2,1-2H3,(H,26,28). The quantitative estimate of drug-likeness (QED) is 0.624. The lowest BCUT2D eigenvalue weighted by Gasteiger charge is -2.32. The summed E-state index contributed by atoms with van der Waals surface area (Å²) >= 11 is 0. The maximum Gasteiger partial charge on any atom is 0.255 e. The number of hydrogen-bond donors (Lipinski definition) is 1. The lowest BCUT2D eigenvalue weighted by atomic mass is 10.1. The van der Waals surface area contributed by atoms with Gasteiger partial charge in [-0.25, -0.2) is 8.42 Å². The van der Waals surface area contributed by atoms with Crippen LogP contribution in [-0.2, 0) is 10.0 Å². The van der Waals surface area contributed by atoms with E-state index < -0.39 is 10.0 Å². The van der Waals surface area contributed by atoms with Gasteiger partial charge in [-0.2, -0.15) is 4.31 Å². The van der Waals surface area contributed by atoms with Crippen molar-refractivity contribution < 1.29 is 22.7 Å². The number of nitrogens with zero attached hydrogens (tertiary/aromatic N) is 1. The lowest BCUT2D eigenvalue weighted by Crippen LogP contribution is -2.42. The number of sulfonamides is 1. The molecule has 2 aromatic carbocycles. The van der Waals surface area contributed by atoms with Gasteiger partial charge in [0.2, 0.25) is 10.0 Å². The van der Waals surface area contributed by atoms with Gasteiger partial charge in [-0.05, 0) is 75.8 Å². The number of amides is 1. The Bertz CT molecular complexity index is 1100. The predicted octanol–water partition coefficient (Wildman–Crippen LogP) is 4.83. The summed E-state index contributed by atoms with van der Waals surface area (Å²) in [6.45, 7) is 2.39. The van der Waals surface area contributed by atoms with E-state index in [-0.39, 0.29) is 34.3 Å². The summed E-state index contributed by atoms with van der Waals surface area (Å²) in [5, 5.41) is 2.86. The van der Waals surface area contributed by atoms with Crippen LogP contribution in [0, 0.1) is 0 Å². The van der Waals surface area contributed by atoms with Crippen LogP contribution in [0.1, 0.15) is 62.2 Å². The summed E-state index contributed by atoms with van der Waals surface area (Å²) in [5.41, 5.74) is 0.849. The molecule has 1 aliphatic carbocycles. The van der Waals surface area contributed by atoms with Crippen molar-refractivity contribution in [1.29, 1.82) is 0 Å². The number of benzene rings is 2. The van der Waals surface area contributed by atoms with Crippen LogP contribution in [0.5, 0.6) is 11.5 Å². The van der Waals surface area contributed by atoms with Crippen molar-refractivity contribution >= 4 is 21.6 Å². The SMILES string of the molecule is COc1ccc(C(=O)Nc2cccc(OC3CCCC3)c2)cc1S(=O)(=O)N1CCCCC1C. The van der Waals surface area contributed by atoms with Gasteiger partial charge >= 0.3 is 0 Å². The van der Waals surface area contributed by atoms with Gasteiger partial charge < -0.3 is 14.8 Å². The molecule has 178 valence electrons. The van der Waals surface area contributed by atoms with Crippen LogP contribution in [0.4, 0.5) is 5.69 Å². The zero-order valence-electron chi connectivity index (χ0n) is 19.2. The highest BCUT2D eigenvalue weighted by Crippen LogP contribution is 2.32. The molecule has 0 radical (unpaired) electrons. The Kier molecular flexibility index (Phi) is 7.24. The average Bonchev–Trinajstić information content (AvgIpc) is 3.32. The Morgan fingerprint density at radius 1 is 1.03 bits per heavy atom. The molecule has 8 heteroatoms. The smallest absolute Gasteiger partial charge is 0.255 e. The Morgan fingerprint density at radius 2 is 1.79 bits per heavy atom. The van der Waals surface area contributed by atoms with Gasteiger partial charge in [0.1, 0.15) is 16.4 Å². The van der Waals surface area contributed by atoms with Gasteiger partial charge in [-0.15, -0.1) is 0 Å². The van der Waals surface area contributed by atoms with Crippen molar-refractivity contribution in [1.82, 2.24) is 4.31 Å². The van der Waals surface area contributed by atoms with E-state index in [9.17, 15) is 13.2 Å². The Hall–Kier alpha value is -2.58. The molecule has 2 aromatic rings. The molecule has 1 aliphatic heterocycles. The molecule has 1 heterocycles. The van der Waals surface area contributed by atoms with Crippen LogP contribution in [0.25, 0.3) is 0 Å². The van der Waals surface area contributed by atoms with Gasteiger partial charge in [0, 0.05) is 29.9 Å². The molecule has 1 amide bonds. The van der Waals surface area contributed by atoms with E-state index in [2.05, 4.69) is 5.32 Å². The van der Waals surface area contributed by atoms with E-state index in [1.165, 1.54) is 36.4 Å². The van der Waals surface area contributed by atoms with Crippen LogP contribution >= 0.6 is 0 Å². The number of anilines is 1. The number of rotatable bonds is 7. The number of piperidine rings is 1. The minimum absolute atomic E-state index is 0.0183. The molecule has 2 fully saturated rings. The van der Waals surface area contributed by atoms with Gasteiger partial charge in [-0.3, -0.25) is 4.79 Å². The summed E-state index contributed by atoms with van der Waals surface area (Å²) in [6.07, 6.45) is 7.34. The fourth-order valence-electron chi connectivity index (χ4n) is 4.62. The second-order valence-corrected chi connectivity index (χ2v) is 10.7. The van der Waals surface area contributed by atoms with E-state index >= 15 is 0 Å². The largest absolute Gasteiger partial charge is 0.495 e. The molecular formula is C25H32N2O5S. The zero-order chi connectivity index (χ0) is 23.4. The van der Waals surface area contributed by atoms with Crippen molar-refractivity contribution in [2.24, 2.45) is 0 Å². The molecule has 1 unspecified atom stereocenters. The van der Waals surface area contributed by atoms with Crippen LogP contribution in [0.3, 0.4) is 0 Å². The average molecular weight is 473 g/mol. The maximum absolute atomic E-state index is 13.4. The number of methoxy groups -OCH3 is 1. The van der Waals surface area contributed by atoms with Crippen LogP contribution in [0.2, 0.25) is 0 Å². The molecule has 0 spiro atoms. The fraction of sp³-hybridized carbons (Fsp3) is 0.480. The second kappa shape index (κ2) is 10.1. The summed E-state index contributed by atoms with van der Waals surface area (Å²) in [7, 11) is -2.36. The van der Waals surface area contributed by atoms with Gasteiger partial charge in [0.15, 0.2) is 0 Å². The topological polar surface area (TPSA) is 84.9 Å². The molecular weight excluding hydrogens is 440 g/mol. The number of ether oxygens (including phenoxy) is 2. The number of nitrogens with one attached hydrogen (secondary N) is 1. The van der Waals surface area contributed by atoms with E-state index in [0.29, 0.717) is 12.2 Å². The highest BCUT2D eigenvalue weighted by Gasteiger charge is 2.33.